The van der Waals surface area contributed by atoms with Gasteiger partial charge in [0.05, 0.1) is 34.1 Å². The van der Waals surface area contributed by atoms with Gasteiger partial charge in [-0.1, -0.05) is 61.8 Å². The van der Waals surface area contributed by atoms with E-state index in [1.807, 2.05) is 42.5 Å². The number of fused-ring (bicyclic) bond motifs is 2. The molecule has 6 aromatic rings. The lowest BCUT2D eigenvalue weighted by atomic mass is 10.2. The van der Waals surface area contributed by atoms with Crippen LogP contribution in [0.1, 0.15) is 14.9 Å². The van der Waals surface area contributed by atoms with Gasteiger partial charge in [0.1, 0.15) is 19.3 Å². The van der Waals surface area contributed by atoms with E-state index in [2.05, 4.69) is 35.2 Å². The molecular weight excluding hydrogens is 768 g/mol. The van der Waals surface area contributed by atoms with Crippen LogP contribution < -0.4 is 21.7 Å². The molecule has 0 saturated heterocycles. The zero-order chi connectivity index (χ0) is 34.5. The van der Waals surface area contributed by atoms with Crippen molar-refractivity contribution in [3.63, 3.8) is 0 Å². The average Bonchev–Trinajstić information content (AvgIpc) is 3.00. The molecule has 4 heterocycles. The Balaban J connectivity index is 0.000000276. The lowest BCUT2D eigenvalue weighted by Crippen LogP contribution is -2.12. The van der Waals surface area contributed by atoms with Gasteiger partial charge in [0.15, 0.2) is 11.0 Å². The van der Waals surface area contributed by atoms with Gasteiger partial charge in [-0.25, -0.2) is 15.0 Å². The molecule has 17 heteroatoms. The van der Waals surface area contributed by atoms with Crippen molar-refractivity contribution >= 4 is 122 Å². The van der Waals surface area contributed by atoms with Crippen LogP contribution in [0.2, 0.25) is 25.8 Å². The molecule has 0 spiro atoms. The molecule has 0 fully saturated rings. The van der Waals surface area contributed by atoms with Crippen LogP contribution in [0.5, 0.6) is 0 Å². The Morgan fingerprint density at radius 3 is 1.63 bits per heavy atom. The van der Waals surface area contributed by atoms with Gasteiger partial charge in [0.2, 0.25) is 10.6 Å². The number of nitrogens with zero attached hydrogens (tertiary/aromatic N) is 6. The lowest BCUT2D eigenvalue weighted by Gasteiger charge is -2.17. The Labute approximate surface area is 310 Å². The Morgan fingerprint density at radius 1 is 0.633 bits per heavy atom. The fraction of sp³-hybridized carbons (Fsp3) is 0.188. The van der Waals surface area contributed by atoms with Gasteiger partial charge in [-0.05, 0) is 86.3 Å². The highest BCUT2D eigenvalue weighted by Gasteiger charge is 2.21. The van der Waals surface area contributed by atoms with Crippen molar-refractivity contribution in [3.05, 3.63) is 99.1 Å². The molecule has 49 heavy (non-hydrogen) atoms. The molecule has 0 unspecified atom stereocenters. The van der Waals surface area contributed by atoms with Crippen molar-refractivity contribution in [1.82, 2.24) is 29.9 Å². The number of aromatic nitrogens is 6. The molecule has 0 aliphatic rings. The number of nitrogen functional groups attached to an aromatic ring is 1. The Kier molecular flexibility index (Phi) is 15.2. The summed E-state index contributed by atoms with van der Waals surface area (Å²) in [6, 6.07) is 14.8. The number of pyridine rings is 2. The van der Waals surface area contributed by atoms with E-state index >= 15 is 0 Å². The molecule has 6 rings (SSSR count). The first kappa shape index (κ1) is 42.1. The monoisotopic (exact) mass is 800 g/mol. The van der Waals surface area contributed by atoms with Crippen LogP contribution in [-0.4, -0.2) is 56.6 Å². The standard InChI is InChI=1S/C15H13Cl2N4OP.C11H13N2OP.C4HCl3N2.2CH4/c1-23(2,22)13-9-4-3-7-18-11(9)5-6-12(13)20-14-10(16)8-19-15(17)21-14;1-15(2,14)11-8-4-3-7-13-10(8)6-5-9(11)12;5-2-1-8-4(7)9-3(2)6;;/h3-8H,1-2H3,(H,19,20,21);3-7H,12H2,1-2H3;1H;2*1H4. The van der Waals surface area contributed by atoms with Crippen LogP contribution in [0, 0.1) is 0 Å². The highest BCUT2D eigenvalue weighted by atomic mass is 35.5. The number of nitrogens with one attached hydrogen (secondary N) is 1. The van der Waals surface area contributed by atoms with Crippen LogP contribution in [0.25, 0.3) is 21.8 Å². The zero-order valence-corrected chi connectivity index (χ0v) is 30.9. The van der Waals surface area contributed by atoms with Gasteiger partial charge in [-0.2, -0.15) is 4.98 Å². The molecule has 0 amide bonds. The number of nitrogens with two attached hydrogens (primary N) is 1. The smallest absolute Gasteiger partial charge is 0.224 e. The second-order valence-electron chi connectivity index (χ2n) is 10.5. The first-order valence-electron chi connectivity index (χ1n) is 13.5. The van der Waals surface area contributed by atoms with Gasteiger partial charge in [-0.3, -0.25) is 9.97 Å². The second-order valence-corrected chi connectivity index (χ2v) is 18.7. The van der Waals surface area contributed by atoms with E-state index in [0.717, 1.165) is 27.1 Å². The van der Waals surface area contributed by atoms with Crippen LogP contribution in [-0.2, 0) is 9.13 Å². The molecule has 0 aliphatic heterocycles. The molecule has 10 nitrogen and oxygen atoms in total. The van der Waals surface area contributed by atoms with E-state index in [0.29, 0.717) is 32.5 Å². The third-order valence-corrected chi connectivity index (χ3v) is 10.7. The number of hydrogen-bond donors (Lipinski definition) is 2. The van der Waals surface area contributed by atoms with Crippen LogP contribution >= 0.6 is 72.3 Å². The second kappa shape index (κ2) is 17.7. The van der Waals surface area contributed by atoms with E-state index in [-0.39, 0.29) is 30.6 Å². The number of benzene rings is 2. The molecule has 0 saturated carbocycles. The number of hydrogen-bond acceptors (Lipinski definition) is 10. The predicted octanol–water partition coefficient (Wildman–Crippen LogP) is 10.1. The summed E-state index contributed by atoms with van der Waals surface area (Å²) in [4.78, 5) is 23.6. The summed E-state index contributed by atoms with van der Waals surface area (Å²) in [6.45, 7) is 6.89. The molecule has 3 N–H and O–H groups in total. The van der Waals surface area contributed by atoms with Gasteiger partial charge < -0.3 is 20.2 Å². The normalized spacial score (nSPS) is 10.9. The third-order valence-electron chi connectivity index (χ3n) is 6.26. The SMILES string of the molecule is C.C.CP(C)(=O)c1c(N)ccc2ncccc12.CP(C)(=O)c1c(Nc2nc(Cl)ncc2Cl)ccc2ncccc12.Clc1ncc(Cl)c(Cl)n1. The highest BCUT2D eigenvalue weighted by molar-refractivity contribution is 7.71. The summed E-state index contributed by atoms with van der Waals surface area (Å²) in [5, 5.41) is 7.28. The van der Waals surface area contributed by atoms with E-state index in [1.165, 1.54) is 12.4 Å². The molecule has 2 aromatic carbocycles. The summed E-state index contributed by atoms with van der Waals surface area (Å²) in [6.07, 6.45) is 6.19. The summed E-state index contributed by atoms with van der Waals surface area (Å²) in [5.74, 6) is 0.365. The number of anilines is 3. The first-order valence-corrected chi connectivity index (χ1v) is 20.6. The minimum atomic E-state index is -2.59. The zero-order valence-electron chi connectivity index (χ0n) is 25.3. The fourth-order valence-electron chi connectivity index (χ4n) is 4.46. The van der Waals surface area contributed by atoms with Crippen molar-refractivity contribution in [1.29, 1.82) is 0 Å². The lowest BCUT2D eigenvalue weighted by molar-refractivity contribution is 0.587. The number of rotatable bonds is 4. The number of halogens is 5. The summed E-state index contributed by atoms with van der Waals surface area (Å²) >= 11 is 28.2. The van der Waals surface area contributed by atoms with Gasteiger partial charge >= 0.3 is 0 Å². The fourth-order valence-corrected chi connectivity index (χ4v) is 8.07. The van der Waals surface area contributed by atoms with E-state index in [1.54, 1.807) is 45.1 Å². The summed E-state index contributed by atoms with van der Waals surface area (Å²) in [7, 11) is -4.95. The molecule has 0 atom stereocenters. The quantitative estimate of drug-likeness (QED) is 0.0763. The predicted molar refractivity (Wildman–Crippen MR) is 212 cm³/mol. The molecule has 0 bridgehead atoms. The van der Waals surface area contributed by atoms with Crippen LogP contribution in [0.15, 0.2) is 73.3 Å². The van der Waals surface area contributed by atoms with Crippen LogP contribution in [0.4, 0.5) is 17.2 Å². The van der Waals surface area contributed by atoms with Crippen molar-refractivity contribution in [2.75, 3.05) is 37.7 Å². The van der Waals surface area contributed by atoms with E-state index in [9.17, 15) is 9.13 Å². The largest absolute Gasteiger partial charge is 0.398 e. The summed E-state index contributed by atoms with van der Waals surface area (Å²) in [5.41, 5.74) is 8.74. The molecule has 0 radical (unpaired) electrons. The third kappa shape index (κ3) is 11.0. The highest BCUT2D eigenvalue weighted by Crippen LogP contribution is 2.42. The Bertz CT molecular complexity index is 2180. The van der Waals surface area contributed by atoms with E-state index < -0.39 is 14.3 Å². The van der Waals surface area contributed by atoms with Crippen molar-refractivity contribution in [2.24, 2.45) is 0 Å². The first-order chi connectivity index (χ1) is 22.1. The van der Waals surface area contributed by atoms with Gasteiger partial charge in [-0.15, -0.1) is 0 Å². The molecule has 0 aliphatic carbocycles. The Morgan fingerprint density at radius 2 is 1.12 bits per heavy atom. The topological polar surface area (TPSA) is 150 Å². The van der Waals surface area contributed by atoms with Gasteiger partial charge in [0, 0.05) is 39.5 Å². The maximum absolute atomic E-state index is 12.8. The molecular formula is C32H35Cl5N8O2P2. The van der Waals surface area contributed by atoms with Crippen molar-refractivity contribution in [2.45, 2.75) is 14.9 Å². The van der Waals surface area contributed by atoms with Crippen molar-refractivity contribution < 1.29 is 9.13 Å². The average molecular weight is 803 g/mol. The molecule has 4 aromatic heterocycles. The Hall–Kier alpha value is -3.07. The van der Waals surface area contributed by atoms with E-state index in [4.69, 9.17) is 63.7 Å². The maximum Gasteiger partial charge on any atom is 0.224 e. The maximum atomic E-state index is 12.8. The minimum Gasteiger partial charge on any atom is -0.398 e. The minimum absolute atomic E-state index is 0. The molecule has 260 valence electrons. The summed E-state index contributed by atoms with van der Waals surface area (Å²) < 4.78 is 25.0. The van der Waals surface area contributed by atoms with Crippen LogP contribution in [0.3, 0.4) is 0 Å². The van der Waals surface area contributed by atoms with Gasteiger partial charge in [0.25, 0.3) is 0 Å². The van der Waals surface area contributed by atoms with Crippen molar-refractivity contribution in [3.8, 4) is 0 Å².